The summed E-state index contributed by atoms with van der Waals surface area (Å²) in [6.07, 6.45) is 4.52. The molecule has 7 heteroatoms. The lowest BCUT2D eigenvalue weighted by atomic mass is 9.93. The van der Waals surface area contributed by atoms with E-state index in [1.165, 1.54) is 0 Å². The molecule has 0 radical (unpaired) electrons. The molecular formula is C15H21ClN4O2. The van der Waals surface area contributed by atoms with Crippen LogP contribution in [0.4, 0.5) is 11.8 Å². The van der Waals surface area contributed by atoms with E-state index >= 15 is 0 Å². The summed E-state index contributed by atoms with van der Waals surface area (Å²) in [5, 5.41) is 13.2. The highest BCUT2D eigenvalue weighted by Gasteiger charge is 2.30. The molecule has 22 heavy (non-hydrogen) atoms. The minimum absolute atomic E-state index is 0.0778. The number of aliphatic hydroxyl groups is 1. The third-order valence-corrected chi connectivity index (χ3v) is 4.64. The predicted molar refractivity (Wildman–Crippen MR) is 85.1 cm³/mol. The van der Waals surface area contributed by atoms with Crippen molar-refractivity contribution in [3.8, 4) is 0 Å². The van der Waals surface area contributed by atoms with Crippen molar-refractivity contribution in [3.05, 3.63) is 11.2 Å². The van der Waals surface area contributed by atoms with Crippen LogP contribution in [0.1, 0.15) is 45.4 Å². The molecule has 2 fully saturated rings. The van der Waals surface area contributed by atoms with E-state index in [1.54, 1.807) is 11.0 Å². The van der Waals surface area contributed by atoms with E-state index in [2.05, 4.69) is 15.3 Å². The molecule has 1 amide bonds. The Kier molecular flexibility index (Phi) is 4.49. The molecule has 120 valence electrons. The van der Waals surface area contributed by atoms with Gasteiger partial charge in [-0.1, -0.05) is 11.6 Å². The first-order valence-electron chi connectivity index (χ1n) is 7.84. The van der Waals surface area contributed by atoms with Gasteiger partial charge < -0.3 is 10.4 Å². The van der Waals surface area contributed by atoms with Crippen molar-refractivity contribution < 1.29 is 9.90 Å². The van der Waals surface area contributed by atoms with Crippen LogP contribution in [0.15, 0.2) is 6.07 Å². The Labute approximate surface area is 134 Å². The molecule has 1 aliphatic carbocycles. The Bertz CT molecular complexity index is 560. The van der Waals surface area contributed by atoms with Crippen molar-refractivity contribution in [1.29, 1.82) is 0 Å². The quantitative estimate of drug-likeness (QED) is 0.834. The van der Waals surface area contributed by atoms with Crippen LogP contribution in [-0.4, -0.2) is 39.2 Å². The Balaban J connectivity index is 1.76. The first kappa shape index (κ1) is 15.5. The van der Waals surface area contributed by atoms with E-state index in [1.807, 2.05) is 6.92 Å². The first-order valence-corrected chi connectivity index (χ1v) is 8.22. The van der Waals surface area contributed by atoms with Gasteiger partial charge in [0.25, 0.3) is 0 Å². The van der Waals surface area contributed by atoms with Gasteiger partial charge in [0.2, 0.25) is 11.9 Å². The van der Waals surface area contributed by atoms with E-state index in [9.17, 15) is 9.90 Å². The molecule has 2 N–H and O–H groups in total. The molecule has 0 spiro atoms. The highest BCUT2D eigenvalue weighted by Crippen LogP contribution is 2.28. The zero-order chi connectivity index (χ0) is 15.7. The zero-order valence-electron chi connectivity index (χ0n) is 12.6. The first-order chi connectivity index (χ1) is 10.5. The van der Waals surface area contributed by atoms with Crippen molar-refractivity contribution in [2.45, 2.75) is 63.6 Å². The van der Waals surface area contributed by atoms with Gasteiger partial charge in [0.15, 0.2) is 0 Å². The Morgan fingerprint density at radius 3 is 2.64 bits per heavy atom. The molecule has 0 bridgehead atoms. The van der Waals surface area contributed by atoms with E-state index < -0.39 is 0 Å². The number of rotatable bonds is 3. The van der Waals surface area contributed by atoms with Gasteiger partial charge in [-0.25, -0.2) is 4.98 Å². The number of aliphatic hydroxyl groups excluding tert-OH is 1. The summed E-state index contributed by atoms with van der Waals surface area (Å²) < 4.78 is 0. The maximum atomic E-state index is 12.0. The fraction of sp³-hybridized carbons (Fsp3) is 0.667. The lowest BCUT2D eigenvalue weighted by Crippen LogP contribution is -2.32. The lowest BCUT2D eigenvalue weighted by molar-refractivity contribution is -0.117. The molecule has 0 aromatic carbocycles. The number of halogens is 1. The van der Waals surface area contributed by atoms with E-state index in [0.29, 0.717) is 23.3 Å². The molecule has 2 heterocycles. The number of carbonyl (C=O) groups is 1. The maximum absolute atomic E-state index is 12.0. The number of hydrogen-bond acceptors (Lipinski definition) is 5. The fourth-order valence-electron chi connectivity index (χ4n) is 3.18. The Hall–Kier alpha value is -1.40. The van der Waals surface area contributed by atoms with Gasteiger partial charge in [-0.15, -0.1) is 0 Å². The number of anilines is 2. The van der Waals surface area contributed by atoms with Gasteiger partial charge in [0.1, 0.15) is 11.0 Å². The van der Waals surface area contributed by atoms with Crippen LogP contribution in [0.3, 0.4) is 0 Å². The number of amides is 1. The van der Waals surface area contributed by atoms with Crippen molar-refractivity contribution in [2.75, 3.05) is 10.2 Å². The molecule has 1 saturated carbocycles. The van der Waals surface area contributed by atoms with Crippen LogP contribution < -0.4 is 10.2 Å². The smallest absolute Gasteiger partial charge is 0.228 e. The van der Waals surface area contributed by atoms with E-state index in [-0.39, 0.29) is 24.1 Å². The summed E-state index contributed by atoms with van der Waals surface area (Å²) >= 11 is 6.10. The van der Waals surface area contributed by atoms with Gasteiger partial charge in [0, 0.05) is 24.6 Å². The van der Waals surface area contributed by atoms with Gasteiger partial charge in [-0.3, -0.25) is 9.69 Å². The third-order valence-electron chi connectivity index (χ3n) is 4.44. The van der Waals surface area contributed by atoms with E-state index in [4.69, 9.17) is 11.6 Å². The number of carbonyl (C=O) groups excluding carboxylic acids is 1. The average molecular weight is 325 g/mol. The second-order valence-electron chi connectivity index (χ2n) is 6.17. The SMILES string of the molecule is CC1CCC(=O)N1c1cc(Cl)nc(NC2CCC(O)CC2)n1. The van der Waals surface area contributed by atoms with Gasteiger partial charge >= 0.3 is 0 Å². The van der Waals surface area contributed by atoms with Crippen LogP contribution >= 0.6 is 11.6 Å². The van der Waals surface area contributed by atoms with Gasteiger partial charge in [0.05, 0.1) is 6.10 Å². The Morgan fingerprint density at radius 2 is 2.00 bits per heavy atom. The van der Waals surface area contributed by atoms with Gasteiger partial charge in [-0.2, -0.15) is 4.98 Å². The lowest BCUT2D eigenvalue weighted by Gasteiger charge is -2.27. The predicted octanol–water partition coefficient (Wildman–Crippen LogP) is 2.36. The standard InChI is InChI=1S/C15H21ClN4O2/c1-9-2-7-14(22)20(9)13-8-12(16)18-15(19-13)17-10-3-5-11(21)6-4-10/h8-11,21H,2-7H2,1H3,(H,17,18,19). The largest absolute Gasteiger partial charge is 0.393 e. The molecular weight excluding hydrogens is 304 g/mol. The van der Waals surface area contributed by atoms with Crippen molar-refractivity contribution in [3.63, 3.8) is 0 Å². The monoisotopic (exact) mass is 324 g/mol. The highest BCUT2D eigenvalue weighted by atomic mass is 35.5. The minimum atomic E-state index is -0.197. The molecule has 1 aliphatic heterocycles. The minimum Gasteiger partial charge on any atom is -0.393 e. The van der Waals surface area contributed by atoms with Crippen LogP contribution in [0.25, 0.3) is 0 Å². The maximum Gasteiger partial charge on any atom is 0.228 e. The molecule has 1 aromatic rings. The molecule has 1 atom stereocenters. The number of nitrogens with zero attached hydrogens (tertiary/aromatic N) is 3. The second-order valence-corrected chi connectivity index (χ2v) is 6.56. The average Bonchev–Trinajstić information content (AvgIpc) is 2.80. The highest BCUT2D eigenvalue weighted by molar-refractivity contribution is 6.29. The summed E-state index contributed by atoms with van der Waals surface area (Å²) in [5.74, 6) is 1.10. The molecule has 1 aromatic heterocycles. The molecule has 2 aliphatic rings. The number of hydrogen-bond donors (Lipinski definition) is 2. The molecule has 1 saturated heterocycles. The van der Waals surface area contributed by atoms with Crippen molar-refractivity contribution in [2.24, 2.45) is 0 Å². The van der Waals surface area contributed by atoms with Gasteiger partial charge in [-0.05, 0) is 39.0 Å². The van der Waals surface area contributed by atoms with Crippen LogP contribution in [-0.2, 0) is 4.79 Å². The number of nitrogens with one attached hydrogen (secondary N) is 1. The molecule has 1 unspecified atom stereocenters. The third kappa shape index (κ3) is 3.33. The molecule has 3 rings (SSSR count). The zero-order valence-corrected chi connectivity index (χ0v) is 13.4. The molecule has 6 nitrogen and oxygen atoms in total. The van der Waals surface area contributed by atoms with Crippen LogP contribution in [0.2, 0.25) is 5.15 Å². The Morgan fingerprint density at radius 1 is 1.27 bits per heavy atom. The van der Waals surface area contributed by atoms with Crippen LogP contribution in [0.5, 0.6) is 0 Å². The fourth-order valence-corrected chi connectivity index (χ4v) is 3.36. The normalized spacial score (nSPS) is 29.0. The van der Waals surface area contributed by atoms with Crippen molar-refractivity contribution >= 4 is 29.3 Å². The summed E-state index contributed by atoms with van der Waals surface area (Å²) in [5.41, 5.74) is 0. The summed E-state index contributed by atoms with van der Waals surface area (Å²) in [4.78, 5) is 22.4. The van der Waals surface area contributed by atoms with Crippen LogP contribution in [0, 0.1) is 0 Å². The summed E-state index contributed by atoms with van der Waals surface area (Å²) in [6, 6.07) is 2.01. The topological polar surface area (TPSA) is 78.4 Å². The summed E-state index contributed by atoms with van der Waals surface area (Å²) in [7, 11) is 0. The summed E-state index contributed by atoms with van der Waals surface area (Å²) in [6.45, 7) is 2.01. The van der Waals surface area contributed by atoms with E-state index in [0.717, 1.165) is 32.1 Å². The van der Waals surface area contributed by atoms with Crippen molar-refractivity contribution in [1.82, 2.24) is 9.97 Å². The number of aromatic nitrogens is 2. The second kappa shape index (κ2) is 6.38.